The van der Waals surface area contributed by atoms with Crippen LogP contribution in [0.4, 0.5) is 0 Å². The molecule has 0 spiro atoms. The molecule has 10 aromatic heterocycles. The van der Waals surface area contributed by atoms with Gasteiger partial charge in [0.2, 0.25) is 0 Å². The maximum Gasteiger partial charge on any atom is 0.275 e. The molecule has 0 aliphatic rings. The van der Waals surface area contributed by atoms with Crippen LogP contribution in [0.5, 0.6) is 0 Å². The minimum Gasteiger partial charge on any atom is -0.206 e. The largest absolute Gasteiger partial charge is 0.275 e. The summed E-state index contributed by atoms with van der Waals surface area (Å²) in [6.45, 7) is 0. The molecular formula is C50H50Br5N10O15Sb5. The zero-order valence-electron chi connectivity index (χ0n) is 43.3. The SMILES string of the molecule is [Br-].[Br-].[Br-].[Br-].[Br-].[O]=[Sb](=[O])[O-].[O]=[Sb](=[O])[O-].[O]=[Sb](=[O])[O-].[O]=[Sb](=[O])[O-].[O]=[Sb](=[O])[O-].c1ccc(-c2cccc[nH+]2)[nH+]c1.c1ccc(-c2cccc[nH+]2)[nH+]c1.c1ccc(-c2cccc[nH+]2)[nH+]c1.c1ccc(-c2cccc[nH+]2)[nH+]c1.c1ccc(-c2cccc[nH+]2)[nH+]c1. The standard InChI is InChI=1S/5C10H8N2.5BrH.15O.5Sb/c5*1-3-7-11-9(5-1)10-6-2-4-8-12-10;;;;;;;;;;;;;;;;;;;;;;;;;/h5*1-8H;5*1H;;;;;;;;;;;;;;;;;;;;/q;;;;;;;;;;;;;;;;;;;;5*-1;;;;;/p+5. The second kappa shape index (κ2) is 60.1. The van der Waals surface area contributed by atoms with Crippen molar-refractivity contribution >= 4 is 103 Å². The van der Waals surface area contributed by atoms with Crippen LogP contribution in [0.15, 0.2) is 244 Å². The number of pyridine rings is 10. The van der Waals surface area contributed by atoms with E-state index in [2.05, 4.69) is 49.8 Å². The van der Waals surface area contributed by atoms with Crippen LogP contribution < -0.4 is 152 Å². The molecule has 450 valence electrons. The molecule has 0 amide bonds. The topological polar surface area (TPSA) is 427 Å². The first kappa shape index (κ1) is 89.5. The predicted molar refractivity (Wildman–Crippen MR) is 261 cm³/mol. The number of nitrogens with one attached hydrogen (secondary N) is 10. The van der Waals surface area contributed by atoms with E-state index in [9.17, 15) is 0 Å². The van der Waals surface area contributed by atoms with Gasteiger partial charge in [0.25, 0.3) is 56.9 Å². The Hall–Kier alpha value is -4.21. The van der Waals surface area contributed by atoms with E-state index in [1.54, 1.807) is 0 Å². The third-order valence-corrected chi connectivity index (χ3v) is 8.54. The summed E-state index contributed by atoms with van der Waals surface area (Å²) in [5.74, 6) is 0. The van der Waals surface area contributed by atoms with Crippen molar-refractivity contribution in [2.24, 2.45) is 0 Å². The fraction of sp³-hybridized carbons (Fsp3) is 0. The molecule has 0 aliphatic carbocycles. The van der Waals surface area contributed by atoms with Crippen LogP contribution in [0, 0.1) is 0 Å². The van der Waals surface area contributed by atoms with Crippen LogP contribution in [-0.2, 0) is 30.2 Å². The summed E-state index contributed by atoms with van der Waals surface area (Å²) in [5, 5.41) is 0. The smallest absolute Gasteiger partial charge is 0.206 e. The zero-order valence-corrected chi connectivity index (χ0v) is 64.0. The summed E-state index contributed by atoms with van der Waals surface area (Å²) in [6, 6.07) is 60.0. The van der Waals surface area contributed by atoms with Gasteiger partial charge < -0.3 is 84.9 Å². The maximum absolute atomic E-state index is 8.60. The van der Waals surface area contributed by atoms with Gasteiger partial charge in [-0.15, -0.1) is 0 Å². The molecule has 10 rings (SSSR count). The van der Waals surface area contributed by atoms with Crippen molar-refractivity contribution in [3.05, 3.63) is 244 Å². The zero-order chi connectivity index (χ0) is 59.0. The molecule has 25 nitrogen and oxygen atoms in total. The second-order valence-corrected chi connectivity index (χ2v) is 20.3. The summed E-state index contributed by atoms with van der Waals surface area (Å²) < 4.78 is 129. The summed E-state index contributed by atoms with van der Waals surface area (Å²) in [7, 11) is 0. The molecule has 0 unspecified atom stereocenters. The van der Waals surface area contributed by atoms with Gasteiger partial charge in [-0.3, -0.25) is 0 Å². The molecule has 0 fully saturated rings. The van der Waals surface area contributed by atoms with Crippen molar-refractivity contribution in [3.8, 4) is 56.9 Å². The first-order chi connectivity index (χ1) is 38.5. The van der Waals surface area contributed by atoms with Gasteiger partial charge in [0, 0.05) is 121 Å². The minimum atomic E-state index is -4.20. The summed E-state index contributed by atoms with van der Waals surface area (Å²) in [6.07, 6.45) is 19.1. The third-order valence-electron chi connectivity index (χ3n) is 8.54. The van der Waals surface area contributed by atoms with Crippen LogP contribution in [0.3, 0.4) is 0 Å². The normalized spacial score (nSPS) is 8.29. The quantitative estimate of drug-likeness (QED) is 0.144. The van der Waals surface area contributed by atoms with Crippen molar-refractivity contribution < 1.29 is 182 Å². The van der Waals surface area contributed by atoms with Gasteiger partial charge in [0.05, 0.1) is 0 Å². The average Bonchev–Trinajstić information content (AvgIpc) is 3.60. The Balaban J connectivity index is -0.000000287. The molecule has 10 aromatic rings. The predicted octanol–water partition coefficient (Wildman–Crippen LogP) is -19.1. The Morgan fingerprint density at radius 1 is 0.176 bits per heavy atom. The number of rotatable bonds is 5. The van der Waals surface area contributed by atoms with Gasteiger partial charge in [-0.25, -0.2) is 49.8 Å². The molecule has 0 radical (unpaired) electrons. The van der Waals surface area contributed by atoms with Crippen LogP contribution in [0.2, 0.25) is 0 Å². The Morgan fingerprint density at radius 2 is 0.247 bits per heavy atom. The van der Waals surface area contributed by atoms with Gasteiger partial charge in [0.15, 0.2) is 62.0 Å². The average molecular weight is 2040 g/mol. The number of hydrogen-bond donors (Lipinski definition) is 0. The maximum atomic E-state index is 8.60. The number of hydrogen-bond acceptors (Lipinski definition) is 15. The molecule has 10 N–H and O–H groups in total. The fourth-order valence-electron chi connectivity index (χ4n) is 5.61. The van der Waals surface area contributed by atoms with E-state index in [0.717, 1.165) is 56.9 Å². The summed E-state index contributed by atoms with van der Waals surface area (Å²) >= 11 is -21.0. The molecule has 0 aromatic carbocycles. The van der Waals surface area contributed by atoms with E-state index in [4.69, 9.17) is 47.1 Å². The Bertz CT molecular complexity index is 2780. The molecule has 0 atom stereocenters. The first-order valence-electron chi connectivity index (χ1n) is 22.3. The van der Waals surface area contributed by atoms with Crippen LogP contribution in [0.25, 0.3) is 56.9 Å². The van der Waals surface area contributed by atoms with E-state index >= 15 is 0 Å². The molecule has 0 bridgehead atoms. The molecule has 10 heterocycles. The van der Waals surface area contributed by atoms with Gasteiger partial charge in [-0.2, -0.15) is 0 Å². The fourth-order valence-corrected chi connectivity index (χ4v) is 5.61. The van der Waals surface area contributed by atoms with Gasteiger partial charge >= 0.3 is 150 Å². The molecule has 0 saturated heterocycles. The van der Waals surface area contributed by atoms with Crippen molar-refractivity contribution in [2.75, 3.05) is 0 Å². The molecule has 0 saturated carbocycles. The van der Waals surface area contributed by atoms with Crippen molar-refractivity contribution in [2.45, 2.75) is 0 Å². The monoisotopic (exact) mass is 2030 g/mol. The van der Waals surface area contributed by atoms with E-state index in [0.29, 0.717) is 0 Å². The van der Waals surface area contributed by atoms with Crippen molar-refractivity contribution in [1.82, 2.24) is 0 Å². The third kappa shape index (κ3) is 52.6. The molecule has 85 heavy (non-hydrogen) atoms. The first-order valence-corrected chi connectivity index (χ1v) is 37.9. The van der Waals surface area contributed by atoms with Gasteiger partial charge in [-0.1, -0.05) is 0 Å². The molecule has 35 heteroatoms. The Morgan fingerprint density at radius 3 is 0.294 bits per heavy atom. The number of aromatic amines is 10. The minimum absolute atomic E-state index is 0. The van der Waals surface area contributed by atoms with Gasteiger partial charge in [-0.05, 0) is 60.7 Å². The molecule has 0 aliphatic heterocycles. The van der Waals surface area contributed by atoms with Crippen LogP contribution >= 0.6 is 0 Å². The molecular weight excluding hydrogens is 1990 g/mol. The van der Waals surface area contributed by atoms with Crippen LogP contribution in [-0.4, -0.2) is 103 Å². The summed E-state index contributed by atoms with van der Waals surface area (Å²) in [5.41, 5.74) is 11.0. The van der Waals surface area contributed by atoms with E-state index in [-0.39, 0.29) is 84.9 Å². The number of H-pyrrole nitrogens is 10. The van der Waals surface area contributed by atoms with Gasteiger partial charge in [0.1, 0.15) is 0 Å². The Kier molecular flexibility index (Phi) is 63.3. The van der Waals surface area contributed by atoms with Crippen molar-refractivity contribution in [1.29, 1.82) is 0 Å². The van der Waals surface area contributed by atoms with E-state index < -0.39 is 103 Å². The summed E-state index contributed by atoms with van der Waals surface area (Å²) in [4.78, 5) is 31.5. The van der Waals surface area contributed by atoms with E-state index in [1.165, 1.54) is 0 Å². The van der Waals surface area contributed by atoms with Crippen molar-refractivity contribution in [3.63, 3.8) is 0 Å². The van der Waals surface area contributed by atoms with Crippen LogP contribution in [0.1, 0.15) is 0 Å². The number of halogens is 5. The van der Waals surface area contributed by atoms with E-state index in [1.807, 2.05) is 244 Å². The number of aromatic nitrogens is 10. The second-order valence-electron chi connectivity index (χ2n) is 13.9. The Labute approximate surface area is 578 Å².